The number of hydrogen-bond donors (Lipinski definition) is 1. The number of nitrogens with one attached hydrogen (secondary N) is 1. The molecule has 9 nitrogen and oxygen atoms in total. The summed E-state index contributed by atoms with van der Waals surface area (Å²) in [5, 5.41) is 7.33. The van der Waals surface area contributed by atoms with Crippen molar-refractivity contribution in [2.45, 2.75) is 46.5 Å². The second kappa shape index (κ2) is 8.41. The Morgan fingerprint density at radius 3 is 2.63 bits per heavy atom. The molecule has 30 heavy (non-hydrogen) atoms. The maximum atomic E-state index is 13.1. The molecule has 1 saturated heterocycles. The van der Waals surface area contributed by atoms with Crippen LogP contribution in [-0.4, -0.2) is 69.0 Å². The third-order valence-electron chi connectivity index (χ3n) is 6.22. The van der Waals surface area contributed by atoms with E-state index in [1.165, 1.54) is 11.9 Å². The van der Waals surface area contributed by atoms with Crippen LogP contribution in [0.25, 0.3) is 5.78 Å². The summed E-state index contributed by atoms with van der Waals surface area (Å²) in [5.41, 5.74) is 4.01. The highest BCUT2D eigenvalue weighted by Gasteiger charge is 2.25. The van der Waals surface area contributed by atoms with E-state index in [0.717, 1.165) is 41.9 Å². The van der Waals surface area contributed by atoms with E-state index < -0.39 is 0 Å². The number of carbonyl (C=O) groups excluding carboxylic acids is 2. The smallest absolute Gasteiger partial charge is 0.254 e. The third-order valence-corrected chi connectivity index (χ3v) is 6.22. The Hall–Kier alpha value is -2.97. The second-order valence-corrected chi connectivity index (χ2v) is 8.08. The molecule has 9 heteroatoms. The van der Waals surface area contributed by atoms with Gasteiger partial charge in [0.25, 0.3) is 5.78 Å². The number of rotatable bonds is 2. The van der Waals surface area contributed by atoms with E-state index in [9.17, 15) is 9.59 Å². The molecule has 0 spiro atoms. The van der Waals surface area contributed by atoms with Gasteiger partial charge in [-0.05, 0) is 40.0 Å². The highest BCUT2D eigenvalue weighted by Crippen LogP contribution is 2.29. The molecule has 160 valence electrons. The molecule has 1 aliphatic carbocycles. The first-order valence-corrected chi connectivity index (χ1v) is 10.6. The van der Waals surface area contributed by atoms with Gasteiger partial charge < -0.3 is 15.1 Å². The zero-order valence-corrected chi connectivity index (χ0v) is 17.9. The molecule has 2 aliphatic rings. The summed E-state index contributed by atoms with van der Waals surface area (Å²) < 4.78 is 1.74. The fourth-order valence-corrected chi connectivity index (χ4v) is 4.04. The summed E-state index contributed by atoms with van der Waals surface area (Å²) >= 11 is 0. The van der Waals surface area contributed by atoms with Crippen molar-refractivity contribution in [3.63, 3.8) is 0 Å². The first-order valence-electron chi connectivity index (χ1n) is 10.6. The maximum absolute atomic E-state index is 13.1. The quantitative estimate of drug-likeness (QED) is 0.751. The SMILES string of the molecule is CC(C(=O)N1CCC(=O)NCCN(c2c(C)c(C)nc3ncnn23)CC1)=C1CCC1. The van der Waals surface area contributed by atoms with Gasteiger partial charge in [-0.25, -0.2) is 4.98 Å². The van der Waals surface area contributed by atoms with Crippen LogP contribution in [-0.2, 0) is 9.59 Å². The van der Waals surface area contributed by atoms with E-state index in [1.807, 2.05) is 25.7 Å². The van der Waals surface area contributed by atoms with Crippen molar-refractivity contribution in [3.8, 4) is 0 Å². The summed E-state index contributed by atoms with van der Waals surface area (Å²) in [4.78, 5) is 38.1. The largest absolute Gasteiger partial charge is 0.354 e. The minimum absolute atomic E-state index is 0.0304. The van der Waals surface area contributed by atoms with Gasteiger partial charge in [0.2, 0.25) is 11.8 Å². The highest BCUT2D eigenvalue weighted by molar-refractivity contribution is 5.94. The molecule has 2 fully saturated rings. The normalized spacial score (nSPS) is 18.2. The van der Waals surface area contributed by atoms with Crippen LogP contribution >= 0.6 is 0 Å². The lowest BCUT2D eigenvalue weighted by Gasteiger charge is -2.32. The zero-order chi connectivity index (χ0) is 21.3. The minimum Gasteiger partial charge on any atom is -0.354 e. The average Bonchev–Trinajstić information content (AvgIpc) is 3.13. The first kappa shape index (κ1) is 20.3. The van der Waals surface area contributed by atoms with Gasteiger partial charge in [0, 0.05) is 56.0 Å². The predicted molar refractivity (Wildman–Crippen MR) is 113 cm³/mol. The van der Waals surface area contributed by atoms with Crippen LogP contribution in [0.2, 0.25) is 0 Å². The molecule has 4 rings (SSSR count). The molecule has 2 aromatic heterocycles. The number of fused-ring (bicyclic) bond motifs is 1. The van der Waals surface area contributed by atoms with E-state index in [-0.39, 0.29) is 11.8 Å². The number of hydrogen-bond acceptors (Lipinski definition) is 6. The predicted octanol–water partition coefficient (Wildman–Crippen LogP) is 1.40. The number of anilines is 1. The van der Waals surface area contributed by atoms with E-state index in [4.69, 9.17) is 0 Å². The van der Waals surface area contributed by atoms with Gasteiger partial charge in [-0.2, -0.15) is 14.6 Å². The Morgan fingerprint density at radius 2 is 1.90 bits per heavy atom. The third kappa shape index (κ3) is 3.88. The Morgan fingerprint density at radius 1 is 1.10 bits per heavy atom. The number of allylic oxidation sites excluding steroid dienone is 1. The molecule has 0 atom stereocenters. The van der Waals surface area contributed by atoms with Crippen molar-refractivity contribution >= 4 is 23.4 Å². The van der Waals surface area contributed by atoms with Crippen LogP contribution in [0.1, 0.15) is 43.9 Å². The minimum atomic E-state index is -0.0304. The molecule has 2 aromatic rings. The van der Waals surface area contributed by atoms with Crippen LogP contribution in [0, 0.1) is 13.8 Å². The van der Waals surface area contributed by atoms with Crippen molar-refractivity contribution in [1.82, 2.24) is 29.8 Å². The lowest BCUT2D eigenvalue weighted by molar-refractivity contribution is -0.128. The fraction of sp³-hybridized carbons (Fsp3) is 0.571. The molecule has 3 heterocycles. The Balaban J connectivity index is 1.64. The Labute approximate surface area is 176 Å². The van der Waals surface area contributed by atoms with Gasteiger partial charge >= 0.3 is 0 Å². The van der Waals surface area contributed by atoms with Gasteiger partial charge in [-0.3, -0.25) is 9.59 Å². The van der Waals surface area contributed by atoms with Crippen LogP contribution in [0.3, 0.4) is 0 Å². The van der Waals surface area contributed by atoms with Crippen LogP contribution in [0.4, 0.5) is 5.82 Å². The molecule has 1 saturated carbocycles. The highest BCUT2D eigenvalue weighted by atomic mass is 16.2. The van der Waals surface area contributed by atoms with E-state index in [0.29, 0.717) is 44.9 Å². The number of amides is 2. The molecular weight excluding hydrogens is 382 g/mol. The van der Waals surface area contributed by atoms with Gasteiger partial charge in [0.15, 0.2) is 0 Å². The van der Waals surface area contributed by atoms with Gasteiger partial charge in [0.05, 0.1) is 0 Å². The fourth-order valence-electron chi connectivity index (χ4n) is 4.04. The molecule has 0 aromatic carbocycles. The molecule has 0 bridgehead atoms. The van der Waals surface area contributed by atoms with E-state index in [2.05, 4.69) is 25.3 Å². The lowest BCUT2D eigenvalue weighted by atomic mass is 9.88. The first-order chi connectivity index (χ1) is 14.5. The van der Waals surface area contributed by atoms with Gasteiger partial charge in [0.1, 0.15) is 12.1 Å². The summed E-state index contributed by atoms with van der Waals surface area (Å²) in [6.07, 6.45) is 5.01. The lowest BCUT2D eigenvalue weighted by Crippen LogP contribution is -2.46. The van der Waals surface area contributed by atoms with Crippen LogP contribution in [0.15, 0.2) is 17.5 Å². The maximum Gasteiger partial charge on any atom is 0.254 e. The topological polar surface area (TPSA) is 95.7 Å². The van der Waals surface area contributed by atoms with Gasteiger partial charge in [-0.1, -0.05) is 5.57 Å². The second-order valence-electron chi connectivity index (χ2n) is 8.08. The summed E-state index contributed by atoms with van der Waals surface area (Å²) in [5.74, 6) is 1.47. The number of nitrogens with zero attached hydrogens (tertiary/aromatic N) is 6. The van der Waals surface area contributed by atoms with Gasteiger partial charge in [-0.15, -0.1) is 0 Å². The molecule has 0 unspecified atom stereocenters. The van der Waals surface area contributed by atoms with Crippen molar-refractivity contribution < 1.29 is 9.59 Å². The van der Waals surface area contributed by atoms with Crippen molar-refractivity contribution in [2.24, 2.45) is 0 Å². The monoisotopic (exact) mass is 411 g/mol. The van der Waals surface area contributed by atoms with Crippen LogP contribution < -0.4 is 10.2 Å². The Bertz CT molecular complexity index is 1000. The van der Waals surface area contributed by atoms with Crippen molar-refractivity contribution in [1.29, 1.82) is 0 Å². The standard InChI is InChI=1S/C21H29N7O2/c1-14-16(3)25-21-23-13-24-28(21)19(14)26-10-8-22-18(29)7-9-27(12-11-26)20(30)15(2)17-5-4-6-17/h13H,4-12H2,1-3H3,(H,22,29). The Kier molecular flexibility index (Phi) is 5.69. The summed E-state index contributed by atoms with van der Waals surface area (Å²) in [6.45, 7) is 8.67. The number of aryl methyl sites for hydroxylation is 1. The zero-order valence-electron chi connectivity index (χ0n) is 17.9. The molecular formula is C21H29N7O2. The average molecular weight is 412 g/mol. The van der Waals surface area contributed by atoms with E-state index >= 15 is 0 Å². The number of aromatic nitrogens is 4. The van der Waals surface area contributed by atoms with Crippen molar-refractivity contribution in [3.05, 3.63) is 28.7 Å². The van der Waals surface area contributed by atoms with Crippen LogP contribution in [0.5, 0.6) is 0 Å². The summed E-state index contributed by atoms with van der Waals surface area (Å²) in [6, 6.07) is 0. The molecule has 2 amide bonds. The molecule has 1 aliphatic heterocycles. The molecule has 1 N–H and O–H groups in total. The summed E-state index contributed by atoms with van der Waals surface area (Å²) in [7, 11) is 0. The number of carbonyl (C=O) groups is 2. The molecule has 0 radical (unpaired) electrons. The van der Waals surface area contributed by atoms with E-state index in [1.54, 1.807) is 4.52 Å². The van der Waals surface area contributed by atoms with Crippen molar-refractivity contribution in [2.75, 3.05) is 37.6 Å².